The highest BCUT2D eigenvalue weighted by molar-refractivity contribution is 5.95. The largest absolute Gasteiger partial charge is 0.326 e. The second kappa shape index (κ2) is 6.61. The molecule has 1 amide bonds. The lowest BCUT2D eigenvalue weighted by Gasteiger charge is -2.08. The summed E-state index contributed by atoms with van der Waals surface area (Å²) < 4.78 is 0. The van der Waals surface area contributed by atoms with Crippen molar-refractivity contribution < 1.29 is 4.79 Å². The predicted molar refractivity (Wildman–Crippen MR) is 94.9 cm³/mol. The van der Waals surface area contributed by atoms with Crippen molar-refractivity contribution in [3.05, 3.63) is 78.0 Å². The lowest BCUT2D eigenvalue weighted by molar-refractivity contribution is -0.117. The highest BCUT2D eigenvalue weighted by Crippen LogP contribution is 2.47. The molecule has 2 aromatic carbocycles. The molecular weight excluding hydrogens is 284 g/mol. The predicted octanol–water partition coefficient (Wildman–Crippen LogP) is 4.30. The van der Waals surface area contributed by atoms with Crippen LogP contribution in [0.2, 0.25) is 0 Å². The summed E-state index contributed by atoms with van der Waals surface area (Å²) in [5, 5.41) is 3.02. The molecule has 1 aliphatic carbocycles. The number of rotatable bonds is 5. The molecule has 0 saturated heterocycles. The SMILES string of the molecule is C=C/N=C\c1ccc(NC(=O)[C@@H]2C[C@H]2c2ccccc2)cc1C. The zero-order valence-electron chi connectivity index (χ0n) is 13.2. The van der Waals surface area contributed by atoms with Gasteiger partial charge in [0, 0.05) is 24.0 Å². The maximum absolute atomic E-state index is 12.4. The molecule has 3 rings (SSSR count). The molecule has 0 heterocycles. The van der Waals surface area contributed by atoms with E-state index in [9.17, 15) is 4.79 Å². The molecule has 116 valence electrons. The van der Waals surface area contributed by atoms with E-state index >= 15 is 0 Å². The Morgan fingerprint density at radius 2 is 2.04 bits per heavy atom. The topological polar surface area (TPSA) is 41.5 Å². The average molecular weight is 304 g/mol. The molecule has 3 nitrogen and oxygen atoms in total. The summed E-state index contributed by atoms with van der Waals surface area (Å²) in [6.07, 6.45) is 4.20. The number of anilines is 1. The van der Waals surface area contributed by atoms with Crippen LogP contribution in [0.25, 0.3) is 0 Å². The molecule has 1 N–H and O–H groups in total. The number of nitrogens with one attached hydrogen (secondary N) is 1. The van der Waals surface area contributed by atoms with Crippen LogP contribution in [-0.4, -0.2) is 12.1 Å². The minimum atomic E-state index is 0.0831. The first-order chi connectivity index (χ1) is 11.2. The number of carbonyl (C=O) groups is 1. The van der Waals surface area contributed by atoms with Gasteiger partial charge in [0.25, 0.3) is 0 Å². The lowest BCUT2D eigenvalue weighted by atomic mass is 10.1. The molecular formula is C20H20N2O. The van der Waals surface area contributed by atoms with E-state index in [2.05, 4.69) is 29.0 Å². The number of benzene rings is 2. The molecule has 2 atom stereocenters. The van der Waals surface area contributed by atoms with Crippen molar-refractivity contribution >= 4 is 17.8 Å². The lowest BCUT2D eigenvalue weighted by Crippen LogP contribution is -2.14. The first kappa shape index (κ1) is 15.2. The van der Waals surface area contributed by atoms with Gasteiger partial charge in [-0.2, -0.15) is 0 Å². The molecule has 2 aromatic rings. The van der Waals surface area contributed by atoms with E-state index in [-0.39, 0.29) is 11.8 Å². The maximum atomic E-state index is 12.4. The van der Waals surface area contributed by atoms with Crippen LogP contribution in [0.5, 0.6) is 0 Å². The van der Waals surface area contributed by atoms with Gasteiger partial charge in [-0.25, -0.2) is 0 Å². The summed E-state index contributed by atoms with van der Waals surface area (Å²) in [7, 11) is 0. The van der Waals surface area contributed by atoms with Crippen LogP contribution < -0.4 is 5.32 Å². The van der Waals surface area contributed by atoms with Gasteiger partial charge in [0.05, 0.1) is 0 Å². The average Bonchev–Trinajstić information content (AvgIpc) is 3.36. The number of amides is 1. The molecule has 23 heavy (non-hydrogen) atoms. The van der Waals surface area contributed by atoms with Crippen LogP contribution >= 0.6 is 0 Å². The van der Waals surface area contributed by atoms with E-state index in [0.717, 1.165) is 23.2 Å². The minimum Gasteiger partial charge on any atom is -0.326 e. The monoisotopic (exact) mass is 304 g/mol. The summed E-state index contributed by atoms with van der Waals surface area (Å²) >= 11 is 0. The van der Waals surface area contributed by atoms with E-state index in [1.807, 2.05) is 43.3 Å². The van der Waals surface area contributed by atoms with Gasteiger partial charge in [-0.3, -0.25) is 9.79 Å². The van der Waals surface area contributed by atoms with Gasteiger partial charge in [0.2, 0.25) is 5.91 Å². The van der Waals surface area contributed by atoms with Crippen molar-refractivity contribution in [1.29, 1.82) is 0 Å². The summed E-state index contributed by atoms with van der Waals surface area (Å²) in [5.74, 6) is 0.543. The Morgan fingerprint density at radius 3 is 2.74 bits per heavy atom. The van der Waals surface area contributed by atoms with Crippen molar-refractivity contribution in [2.75, 3.05) is 5.32 Å². The Bertz CT molecular complexity index is 749. The Balaban J connectivity index is 1.64. The molecule has 0 aliphatic heterocycles. The minimum absolute atomic E-state index is 0.0831. The van der Waals surface area contributed by atoms with E-state index < -0.39 is 0 Å². The van der Waals surface area contributed by atoms with Gasteiger partial charge < -0.3 is 5.32 Å². The number of hydrogen-bond acceptors (Lipinski definition) is 2. The fourth-order valence-corrected chi connectivity index (χ4v) is 2.82. The number of carbonyl (C=O) groups excluding carboxylic acids is 1. The van der Waals surface area contributed by atoms with Crippen LogP contribution in [0.1, 0.15) is 29.0 Å². The second-order valence-electron chi connectivity index (χ2n) is 5.88. The van der Waals surface area contributed by atoms with Gasteiger partial charge in [0.1, 0.15) is 0 Å². The smallest absolute Gasteiger partial charge is 0.228 e. The summed E-state index contributed by atoms with van der Waals surface area (Å²) in [5.41, 5.74) is 4.18. The zero-order chi connectivity index (χ0) is 16.2. The third-order valence-corrected chi connectivity index (χ3v) is 4.21. The highest BCUT2D eigenvalue weighted by Gasteiger charge is 2.43. The Kier molecular flexibility index (Phi) is 4.38. The molecule has 1 fully saturated rings. The number of hydrogen-bond donors (Lipinski definition) is 1. The van der Waals surface area contributed by atoms with E-state index in [0.29, 0.717) is 5.92 Å². The third-order valence-electron chi connectivity index (χ3n) is 4.21. The molecule has 0 unspecified atom stereocenters. The summed E-state index contributed by atoms with van der Waals surface area (Å²) in [6, 6.07) is 16.1. The zero-order valence-corrected chi connectivity index (χ0v) is 13.2. The molecule has 0 aromatic heterocycles. The standard InChI is InChI=1S/C20H20N2O/c1-3-21-13-16-9-10-17(11-14(16)2)22-20(23)19-12-18(19)15-7-5-4-6-8-15/h3-11,13,18-19H,1,12H2,2H3,(H,22,23)/b21-13-/t18-,19+/m0/s1. The Morgan fingerprint density at radius 1 is 1.26 bits per heavy atom. The normalized spacial score (nSPS) is 19.5. The van der Waals surface area contributed by atoms with Gasteiger partial charge in [-0.1, -0.05) is 43.0 Å². The first-order valence-electron chi connectivity index (χ1n) is 7.79. The van der Waals surface area contributed by atoms with Crippen LogP contribution in [0, 0.1) is 12.8 Å². The third kappa shape index (κ3) is 3.57. The molecule has 3 heteroatoms. The van der Waals surface area contributed by atoms with Gasteiger partial charge >= 0.3 is 0 Å². The van der Waals surface area contributed by atoms with E-state index in [1.54, 1.807) is 6.21 Å². The molecule has 0 radical (unpaired) electrons. The quantitative estimate of drug-likeness (QED) is 0.822. The molecule has 0 bridgehead atoms. The Hall–Kier alpha value is -2.68. The van der Waals surface area contributed by atoms with Crippen molar-refractivity contribution in [3.8, 4) is 0 Å². The number of aliphatic imine (C=N–C) groups is 1. The van der Waals surface area contributed by atoms with Gasteiger partial charge in [-0.15, -0.1) is 0 Å². The summed E-state index contributed by atoms with van der Waals surface area (Å²) in [4.78, 5) is 16.4. The van der Waals surface area contributed by atoms with Crippen LogP contribution in [0.4, 0.5) is 5.69 Å². The van der Waals surface area contributed by atoms with Crippen molar-refractivity contribution in [1.82, 2.24) is 0 Å². The highest BCUT2D eigenvalue weighted by atomic mass is 16.2. The van der Waals surface area contributed by atoms with Crippen LogP contribution in [-0.2, 0) is 4.79 Å². The number of aryl methyl sites for hydroxylation is 1. The van der Waals surface area contributed by atoms with Crippen LogP contribution in [0.3, 0.4) is 0 Å². The molecule has 0 spiro atoms. The Labute approximate surface area is 136 Å². The fourth-order valence-electron chi connectivity index (χ4n) is 2.82. The van der Waals surface area contributed by atoms with Crippen molar-refractivity contribution in [3.63, 3.8) is 0 Å². The molecule has 1 saturated carbocycles. The maximum Gasteiger partial charge on any atom is 0.228 e. The molecule has 1 aliphatic rings. The van der Waals surface area contributed by atoms with E-state index in [4.69, 9.17) is 0 Å². The first-order valence-corrected chi connectivity index (χ1v) is 7.79. The summed E-state index contributed by atoms with van der Waals surface area (Å²) in [6.45, 7) is 5.57. The van der Waals surface area contributed by atoms with Crippen molar-refractivity contribution in [2.45, 2.75) is 19.3 Å². The van der Waals surface area contributed by atoms with Crippen LogP contribution in [0.15, 0.2) is 66.3 Å². The van der Waals surface area contributed by atoms with E-state index in [1.165, 1.54) is 11.8 Å². The fraction of sp³-hybridized carbons (Fsp3) is 0.200. The van der Waals surface area contributed by atoms with Gasteiger partial charge in [0.15, 0.2) is 0 Å². The number of nitrogens with zero attached hydrogens (tertiary/aromatic N) is 1. The van der Waals surface area contributed by atoms with Gasteiger partial charge in [-0.05, 0) is 48.1 Å². The van der Waals surface area contributed by atoms with Crippen molar-refractivity contribution in [2.24, 2.45) is 10.9 Å². The second-order valence-corrected chi connectivity index (χ2v) is 5.88.